The number of amides is 1. The molecule has 71 heavy (non-hydrogen) atoms. The van der Waals surface area contributed by atoms with Crippen molar-refractivity contribution >= 4 is 23.6 Å². The van der Waals surface area contributed by atoms with Gasteiger partial charge in [0.1, 0.15) is 5.69 Å². The zero-order valence-corrected chi connectivity index (χ0v) is 39.8. The summed E-state index contributed by atoms with van der Waals surface area (Å²) >= 11 is 0. The molecule has 8 aromatic rings. The third kappa shape index (κ3) is 16.1. The van der Waals surface area contributed by atoms with Gasteiger partial charge in [0.2, 0.25) is 0 Å². The number of ether oxygens (including phenoxy) is 2. The Bertz CT molecular complexity index is 3000. The minimum atomic E-state index is -0.587. The van der Waals surface area contributed by atoms with Crippen molar-refractivity contribution < 1.29 is 29.1 Å². The van der Waals surface area contributed by atoms with E-state index in [1.54, 1.807) is 36.1 Å². The second kappa shape index (κ2) is 27.8. The number of esters is 2. The smallest absolute Gasteiger partial charge is 0.357 e. The Hall–Kier alpha value is -8.92. The van der Waals surface area contributed by atoms with Gasteiger partial charge in [0, 0.05) is 31.4 Å². The van der Waals surface area contributed by atoms with E-state index in [1.807, 2.05) is 176 Å². The molecule has 0 bridgehead atoms. The van der Waals surface area contributed by atoms with Crippen molar-refractivity contribution in [2.24, 2.45) is 4.99 Å². The van der Waals surface area contributed by atoms with Crippen LogP contribution in [0.4, 0.5) is 0 Å². The largest absolute Gasteiger partial charge is 0.463 e. The maximum absolute atomic E-state index is 12.2. The normalized spacial score (nSPS) is 11.1. The number of nitrogens with zero attached hydrogens (tertiary/aromatic N) is 5. The van der Waals surface area contributed by atoms with Gasteiger partial charge in [-0.25, -0.2) is 24.4 Å². The number of nitrogens with one attached hydrogen (secondary N) is 1. The van der Waals surface area contributed by atoms with Crippen LogP contribution in [-0.2, 0) is 40.0 Å². The third-order valence-corrected chi connectivity index (χ3v) is 10.5. The summed E-state index contributed by atoms with van der Waals surface area (Å²) in [5.41, 5.74) is 11.9. The zero-order valence-electron chi connectivity index (χ0n) is 39.8. The number of aliphatic imine (C=N–C) groups is 1. The van der Waals surface area contributed by atoms with Gasteiger partial charge in [-0.15, -0.1) is 12.3 Å². The molecule has 0 radical (unpaired) electrons. The quantitative estimate of drug-likeness (QED) is 0.0474. The minimum absolute atomic E-state index is 0.251. The van der Waals surface area contributed by atoms with Crippen LogP contribution >= 0.6 is 0 Å². The number of allylic oxidation sites excluding steroid dienone is 1. The number of hydrogen-bond acceptors (Lipinski definition) is 9. The van der Waals surface area contributed by atoms with E-state index in [2.05, 4.69) is 33.2 Å². The van der Waals surface area contributed by atoms with E-state index >= 15 is 0 Å². The molecule has 0 saturated heterocycles. The lowest BCUT2D eigenvalue weighted by molar-refractivity contribution is -0.138. The van der Waals surface area contributed by atoms with E-state index in [0.29, 0.717) is 49.6 Å². The fraction of sp³-hybridized carbons (Fsp3) is 0.153. The Morgan fingerprint density at radius 3 is 1.39 bits per heavy atom. The van der Waals surface area contributed by atoms with E-state index in [9.17, 15) is 14.4 Å². The molecular formula is C59H56N6O6. The lowest BCUT2D eigenvalue weighted by atomic mass is 10.1. The highest BCUT2D eigenvalue weighted by atomic mass is 16.5. The number of terminal acetylenes is 1. The summed E-state index contributed by atoms with van der Waals surface area (Å²) in [4.78, 5) is 39.9. The summed E-state index contributed by atoms with van der Waals surface area (Å²) in [6.07, 6.45) is 9.74. The molecule has 1 aliphatic heterocycles. The van der Waals surface area contributed by atoms with E-state index < -0.39 is 5.91 Å². The maximum atomic E-state index is 12.2. The van der Waals surface area contributed by atoms with Crippen molar-refractivity contribution in [1.82, 2.24) is 25.0 Å². The number of para-hydroxylation sites is 2. The minimum Gasteiger partial charge on any atom is -0.463 e. The predicted octanol–water partition coefficient (Wildman–Crippen LogP) is 10.3. The van der Waals surface area contributed by atoms with E-state index in [-0.39, 0.29) is 11.9 Å². The Balaban J connectivity index is 0.000000162. The average molecular weight is 945 g/mol. The number of benzene rings is 6. The summed E-state index contributed by atoms with van der Waals surface area (Å²) in [5, 5.41) is 18.0. The Kier molecular flexibility index (Phi) is 20.1. The van der Waals surface area contributed by atoms with Gasteiger partial charge in [-0.2, -0.15) is 10.2 Å². The zero-order chi connectivity index (χ0) is 50.0. The molecule has 6 aromatic carbocycles. The van der Waals surface area contributed by atoms with Gasteiger partial charge in [-0.05, 0) is 78.6 Å². The second-order valence-electron chi connectivity index (χ2n) is 15.7. The maximum Gasteiger partial charge on any atom is 0.357 e. The van der Waals surface area contributed by atoms with Crippen LogP contribution in [0.2, 0.25) is 0 Å². The first kappa shape index (κ1) is 51.5. The molecule has 2 N–H and O–H groups in total. The highest BCUT2D eigenvalue weighted by Crippen LogP contribution is 2.18. The van der Waals surface area contributed by atoms with Crippen molar-refractivity contribution in [2.45, 2.75) is 39.5 Å². The molecule has 358 valence electrons. The van der Waals surface area contributed by atoms with E-state index in [0.717, 1.165) is 52.4 Å². The predicted molar refractivity (Wildman–Crippen MR) is 277 cm³/mol. The van der Waals surface area contributed by atoms with Crippen LogP contribution in [0.3, 0.4) is 0 Å². The van der Waals surface area contributed by atoms with Crippen molar-refractivity contribution in [3.05, 3.63) is 251 Å². The summed E-state index contributed by atoms with van der Waals surface area (Å²) < 4.78 is 13.3. The molecule has 2 aromatic heterocycles. The van der Waals surface area contributed by atoms with Crippen LogP contribution < -0.4 is 5.48 Å². The van der Waals surface area contributed by atoms with Gasteiger partial charge >= 0.3 is 11.9 Å². The summed E-state index contributed by atoms with van der Waals surface area (Å²) in [6.45, 7) is 4.79. The molecule has 1 aliphatic rings. The summed E-state index contributed by atoms with van der Waals surface area (Å²) in [6, 6.07) is 62.5. The molecule has 0 spiro atoms. The van der Waals surface area contributed by atoms with Gasteiger partial charge in [0.25, 0.3) is 5.91 Å². The van der Waals surface area contributed by atoms with Crippen LogP contribution in [0.25, 0.3) is 11.4 Å². The monoisotopic (exact) mass is 944 g/mol. The van der Waals surface area contributed by atoms with Crippen LogP contribution in [0.15, 0.2) is 211 Å². The number of hydroxylamine groups is 1. The Morgan fingerprint density at radius 1 is 0.563 bits per heavy atom. The molecule has 0 unspecified atom stereocenters. The van der Waals surface area contributed by atoms with Crippen LogP contribution in [0, 0.1) is 12.3 Å². The summed E-state index contributed by atoms with van der Waals surface area (Å²) in [7, 11) is 0. The number of carbonyl (C=O) groups is 3. The SMILES string of the molecule is C#CCc1ccccc1.CCOC(=O)C1=CC(Cc2ccccc2)=NC1.CCOC(=O)c1cc(Cc2ccccc2)nn1-c1ccccc1.O=C(NO)c1cc(Cc2ccccc2)nn1-c1ccccc1. The van der Waals surface area contributed by atoms with E-state index in [4.69, 9.17) is 21.1 Å². The number of hydrogen-bond donors (Lipinski definition) is 2. The molecule has 0 aliphatic carbocycles. The molecule has 0 saturated carbocycles. The lowest BCUT2D eigenvalue weighted by Gasteiger charge is -2.06. The molecule has 0 fully saturated rings. The molecule has 3 heterocycles. The van der Waals surface area contributed by atoms with Crippen molar-refractivity contribution in [1.29, 1.82) is 0 Å². The van der Waals surface area contributed by atoms with Gasteiger partial charge in [0.05, 0.1) is 48.1 Å². The first-order valence-corrected chi connectivity index (χ1v) is 23.2. The number of carbonyl (C=O) groups excluding carboxylic acids is 3. The third-order valence-electron chi connectivity index (χ3n) is 10.5. The standard InChI is InChI=1S/C19H18N2O2.C17H15N3O2.C14H15NO2.C9H8/c1-2-23-19(22)18-14-16(13-15-9-5-3-6-10-15)20-21(18)17-11-7-4-8-12-17;21-17(19-22)16-12-14(11-13-7-3-1-4-8-13)18-20(16)15-9-5-2-6-10-15;1-2-17-14(16)12-9-13(15-10-12)8-11-6-4-3-5-7-11;1-2-6-9-7-4-3-5-8-9/h3-12,14H,2,13H2,1H3;1-10,12,22H,11H2,(H,19,21);3-7,9H,2,8,10H2,1H3;1,3-5,7-8H,6H2. The van der Waals surface area contributed by atoms with Crippen molar-refractivity contribution in [2.75, 3.05) is 19.8 Å². The molecule has 12 nitrogen and oxygen atoms in total. The first-order chi connectivity index (χ1) is 34.8. The highest BCUT2D eigenvalue weighted by molar-refractivity contribution is 6.06. The van der Waals surface area contributed by atoms with Gasteiger partial charge in [-0.3, -0.25) is 15.0 Å². The van der Waals surface area contributed by atoms with Crippen molar-refractivity contribution in [3.63, 3.8) is 0 Å². The van der Waals surface area contributed by atoms with E-state index in [1.165, 1.54) is 15.8 Å². The fourth-order valence-corrected chi connectivity index (χ4v) is 7.20. The first-order valence-electron chi connectivity index (χ1n) is 23.2. The second-order valence-corrected chi connectivity index (χ2v) is 15.7. The summed E-state index contributed by atoms with van der Waals surface area (Å²) in [5.74, 6) is 1.39. The lowest BCUT2D eigenvalue weighted by Crippen LogP contribution is -2.22. The fourth-order valence-electron chi connectivity index (χ4n) is 7.20. The molecule has 12 heteroatoms. The number of aromatic nitrogens is 4. The van der Waals surface area contributed by atoms with Crippen LogP contribution in [-0.4, -0.2) is 68.1 Å². The van der Waals surface area contributed by atoms with Gasteiger partial charge in [-0.1, -0.05) is 158 Å². The number of rotatable bonds is 14. The van der Waals surface area contributed by atoms with Gasteiger partial charge < -0.3 is 9.47 Å². The average Bonchev–Trinajstić information content (AvgIpc) is 4.18. The highest BCUT2D eigenvalue weighted by Gasteiger charge is 2.19. The molecule has 1 amide bonds. The van der Waals surface area contributed by atoms with Gasteiger partial charge in [0.15, 0.2) is 5.69 Å². The molecule has 9 rings (SSSR count). The van der Waals surface area contributed by atoms with Crippen LogP contribution in [0.1, 0.15) is 68.5 Å². The topological polar surface area (TPSA) is 150 Å². The van der Waals surface area contributed by atoms with Crippen LogP contribution in [0.5, 0.6) is 0 Å². The Labute approximate surface area is 414 Å². The molecule has 0 atom stereocenters. The Morgan fingerprint density at radius 2 is 0.958 bits per heavy atom. The van der Waals surface area contributed by atoms with Crippen molar-refractivity contribution in [3.8, 4) is 23.7 Å². The molecular weight excluding hydrogens is 889 g/mol.